The van der Waals surface area contributed by atoms with E-state index in [1.54, 1.807) is 0 Å². The Morgan fingerprint density at radius 2 is 1.86 bits per heavy atom. The monoisotopic (exact) mass is 310 g/mol. The van der Waals surface area contributed by atoms with Gasteiger partial charge in [0, 0.05) is 12.8 Å². The van der Waals surface area contributed by atoms with Crippen LogP contribution in [0.1, 0.15) is 85.5 Å². The van der Waals surface area contributed by atoms with Crippen molar-refractivity contribution < 1.29 is 14.3 Å². The molecule has 3 nitrogen and oxygen atoms in total. The molecule has 1 unspecified atom stereocenters. The van der Waals surface area contributed by atoms with E-state index in [1.807, 2.05) is 6.92 Å². The molecule has 1 saturated carbocycles. The predicted molar refractivity (Wildman–Crippen MR) is 89.6 cm³/mol. The normalized spacial score (nSPS) is 26.8. The fraction of sp³-hybridized carbons (Fsp3) is 0.895. The van der Waals surface area contributed by atoms with Gasteiger partial charge in [-0.2, -0.15) is 0 Å². The number of carbonyl (C=O) groups excluding carboxylic acids is 2. The van der Waals surface area contributed by atoms with Crippen LogP contribution in [0.15, 0.2) is 0 Å². The van der Waals surface area contributed by atoms with Gasteiger partial charge in [0.25, 0.3) is 0 Å². The highest BCUT2D eigenvalue weighted by molar-refractivity contribution is 5.69. The van der Waals surface area contributed by atoms with Crippen molar-refractivity contribution in [3.05, 3.63) is 0 Å². The zero-order valence-electron chi connectivity index (χ0n) is 15.0. The third-order valence-corrected chi connectivity index (χ3v) is 6.14. The molecule has 0 aromatic heterocycles. The summed E-state index contributed by atoms with van der Waals surface area (Å²) in [6, 6.07) is 0. The van der Waals surface area contributed by atoms with Gasteiger partial charge in [0.05, 0.1) is 6.61 Å². The number of unbranched alkanes of at least 4 members (excludes halogenated alkanes) is 3. The van der Waals surface area contributed by atoms with Gasteiger partial charge in [-0.25, -0.2) is 0 Å². The molecule has 1 fully saturated rings. The first-order chi connectivity index (χ1) is 10.4. The summed E-state index contributed by atoms with van der Waals surface area (Å²) < 4.78 is 4.94. The number of rotatable bonds is 10. The van der Waals surface area contributed by atoms with Crippen LogP contribution >= 0.6 is 0 Å². The van der Waals surface area contributed by atoms with E-state index >= 15 is 0 Å². The third kappa shape index (κ3) is 4.82. The van der Waals surface area contributed by atoms with Crippen LogP contribution in [0, 0.1) is 16.7 Å². The number of ether oxygens (including phenoxy) is 1. The average molecular weight is 310 g/mol. The van der Waals surface area contributed by atoms with Crippen molar-refractivity contribution in [2.24, 2.45) is 16.7 Å². The zero-order chi connectivity index (χ0) is 16.6. The van der Waals surface area contributed by atoms with E-state index < -0.39 is 0 Å². The average Bonchev–Trinajstić information content (AvgIpc) is 2.66. The van der Waals surface area contributed by atoms with Gasteiger partial charge in [0.2, 0.25) is 0 Å². The van der Waals surface area contributed by atoms with E-state index in [0.717, 1.165) is 25.0 Å². The molecule has 0 aliphatic heterocycles. The fourth-order valence-electron chi connectivity index (χ4n) is 3.97. The Balaban J connectivity index is 2.23. The molecule has 0 saturated heterocycles. The highest BCUT2D eigenvalue weighted by atomic mass is 16.5. The first-order valence-corrected chi connectivity index (χ1v) is 8.96. The minimum Gasteiger partial charge on any atom is -0.466 e. The second-order valence-electron chi connectivity index (χ2n) is 7.65. The molecule has 0 N–H and O–H groups in total. The Labute approximate surface area is 136 Å². The van der Waals surface area contributed by atoms with Crippen molar-refractivity contribution in [2.45, 2.75) is 85.5 Å². The summed E-state index contributed by atoms with van der Waals surface area (Å²) in [5, 5.41) is 0. The summed E-state index contributed by atoms with van der Waals surface area (Å²) in [7, 11) is 0. The molecule has 128 valence electrons. The molecule has 0 amide bonds. The topological polar surface area (TPSA) is 43.4 Å². The number of carbonyl (C=O) groups is 2. The first kappa shape index (κ1) is 19.2. The van der Waals surface area contributed by atoms with Crippen LogP contribution in [-0.2, 0) is 14.3 Å². The van der Waals surface area contributed by atoms with Crippen molar-refractivity contribution in [2.75, 3.05) is 6.61 Å². The van der Waals surface area contributed by atoms with Crippen molar-refractivity contribution in [3.8, 4) is 0 Å². The summed E-state index contributed by atoms with van der Waals surface area (Å²) in [5.74, 6) is 0.659. The van der Waals surface area contributed by atoms with E-state index in [0.29, 0.717) is 19.4 Å². The van der Waals surface area contributed by atoms with Crippen LogP contribution in [0.2, 0.25) is 0 Å². The van der Waals surface area contributed by atoms with Crippen molar-refractivity contribution in [1.82, 2.24) is 0 Å². The van der Waals surface area contributed by atoms with Crippen LogP contribution in [0.4, 0.5) is 0 Å². The maximum atomic E-state index is 11.3. The second kappa shape index (κ2) is 8.69. The molecular weight excluding hydrogens is 276 g/mol. The summed E-state index contributed by atoms with van der Waals surface area (Å²) in [6.07, 6.45) is 10.5. The molecule has 0 aromatic carbocycles. The zero-order valence-corrected chi connectivity index (χ0v) is 15.0. The van der Waals surface area contributed by atoms with E-state index in [9.17, 15) is 9.59 Å². The third-order valence-electron chi connectivity index (χ3n) is 6.14. The highest BCUT2D eigenvalue weighted by Crippen LogP contribution is 2.58. The van der Waals surface area contributed by atoms with Crippen LogP contribution < -0.4 is 0 Å². The molecule has 0 heterocycles. The quantitative estimate of drug-likeness (QED) is 0.327. The van der Waals surface area contributed by atoms with Crippen LogP contribution in [0.3, 0.4) is 0 Å². The van der Waals surface area contributed by atoms with Gasteiger partial charge in [0.1, 0.15) is 6.29 Å². The van der Waals surface area contributed by atoms with Crippen LogP contribution in [0.5, 0.6) is 0 Å². The number of hydrogen-bond donors (Lipinski definition) is 0. The van der Waals surface area contributed by atoms with Crippen molar-refractivity contribution in [1.29, 1.82) is 0 Å². The molecule has 1 aliphatic rings. The molecular formula is C19H34O3. The Morgan fingerprint density at radius 1 is 1.18 bits per heavy atom. The van der Waals surface area contributed by atoms with Gasteiger partial charge in [-0.15, -0.1) is 0 Å². The molecule has 2 atom stereocenters. The van der Waals surface area contributed by atoms with Gasteiger partial charge >= 0.3 is 5.97 Å². The summed E-state index contributed by atoms with van der Waals surface area (Å²) >= 11 is 0. The molecule has 0 spiro atoms. The van der Waals surface area contributed by atoms with Gasteiger partial charge in [-0.05, 0) is 49.4 Å². The predicted octanol–water partition coefficient (Wildman–Crippen LogP) is 4.92. The van der Waals surface area contributed by atoms with Crippen molar-refractivity contribution >= 4 is 12.3 Å². The van der Waals surface area contributed by atoms with Crippen LogP contribution in [-0.4, -0.2) is 18.9 Å². The Hall–Kier alpha value is -0.860. The van der Waals surface area contributed by atoms with Crippen LogP contribution in [0.25, 0.3) is 0 Å². The lowest BCUT2D eigenvalue weighted by atomic mass is 9.63. The molecule has 0 radical (unpaired) electrons. The first-order valence-electron chi connectivity index (χ1n) is 8.96. The standard InChI is InChI=1S/C19H34O3/c1-5-22-17(21)11-9-7-6-8-10-16-12-13-19(4,14-15-20)18(16,2)3/h15-16H,5-14H2,1-4H3/t16-,19?/m0/s1. The summed E-state index contributed by atoms with van der Waals surface area (Å²) in [4.78, 5) is 22.2. The lowest BCUT2D eigenvalue weighted by molar-refractivity contribution is -0.143. The summed E-state index contributed by atoms with van der Waals surface area (Å²) in [5.41, 5.74) is 0.419. The molecule has 0 aromatic rings. The van der Waals surface area contributed by atoms with Gasteiger partial charge in [0.15, 0.2) is 0 Å². The maximum absolute atomic E-state index is 11.3. The number of aldehydes is 1. The molecule has 1 rings (SSSR count). The highest BCUT2D eigenvalue weighted by Gasteiger charge is 2.50. The SMILES string of the molecule is CCOC(=O)CCCCCC[C@H]1CCC(C)(CC=O)C1(C)C. The minimum atomic E-state index is -0.0657. The van der Waals surface area contributed by atoms with Gasteiger partial charge in [-0.3, -0.25) is 4.79 Å². The molecule has 0 bridgehead atoms. The van der Waals surface area contributed by atoms with E-state index in [2.05, 4.69) is 20.8 Å². The molecule has 1 aliphatic carbocycles. The largest absolute Gasteiger partial charge is 0.466 e. The Morgan fingerprint density at radius 3 is 2.50 bits per heavy atom. The fourth-order valence-corrected chi connectivity index (χ4v) is 3.97. The molecule has 3 heteroatoms. The second-order valence-corrected chi connectivity index (χ2v) is 7.65. The minimum absolute atomic E-state index is 0.0657. The smallest absolute Gasteiger partial charge is 0.305 e. The Kier molecular flexibility index (Phi) is 7.58. The number of esters is 1. The lowest BCUT2D eigenvalue weighted by Crippen LogP contribution is -2.34. The molecule has 22 heavy (non-hydrogen) atoms. The lowest BCUT2D eigenvalue weighted by Gasteiger charge is -2.41. The Bertz CT molecular complexity index is 362. The van der Waals surface area contributed by atoms with E-state index in [-0.39, 0.29) is 16.8 Å². The van der Waals surface area contributed by atoms with E-state index in [1.165, 1.54) is 32.1 Å². The number of hydrogen-bond acceptors (Lipinski definition) is 3. The van der Waals surface area contributed by atoms with Crippen molar-refractivity contribution in [3.63, 3.8) is 0 Å². The maximum Gasteiger partial charge on any atom is 0.305 e. The summed E-state index contributed by atoms with van der Waals surface area (Å²) in [6.45, 7) is 9.29. The van der Waals surface area contributed by atoms with Gasteiger partial charge in [-0.1, -0.05) is 40.0 Å². The van der Waals surface area contributed by atoms with Gasteiger partial charge < -0.3 is 9.53 Å². The van der Waals surface area contributed by atoms with E-state index in [4.69, 9.17) is 4.74 Å².